The van der Waals surface area contributed by atoms with Crippen molar-refractivity contribution in [1.29, 1.82) is 0 Å². The number of amides is 1. The van der Waals surface area contributed by atoms with E-state index in [0.29, 0.717) is 29.7 Å². The molecule has 0 saturated heterocycles. The van der Waals surface area contributed by atoms with Gasteiger partial charge in [0, 0.05) is 13.0 Å². The second-order valence-electron chi connectivity index (χ2n) is 7.13. The molecule has 1 aromatic heterocycles. The SMILES string of the molecule is C[C@H](OC(=O)CCCNC(=O)OC(C)(C)C)c1nc2ccccc2c(=O)[nH]1. The molecule has 0 aliphatic rings. The average Bonchev–Trinajstić information content (AvgIpc) is 2.57. The van der Waals surface area contributed by atoms with Crippen LogP contribution in [0.15, 0.2) is 29.1 Å². The van der Waals surface area contributed by atoms with Crippen molar-refractivity contribution >= 4 is 23.0 Å². The first-order valence-electron chi connectivity index (χ1n) is 8.81. The number of H-pyrrole nitrogens is 1. The highest BCUT2D eigenvalue weighted by atomic mass is 16.6. The fourth-order valence-electron chi connectivity index (χ4n) is 2.35. The number of hydrogen-bond acceptors (Lipinski definition) is 6. The van der Waals surface area contributed by atoms with Crippen LogP contribution in [-0.4, -0.2) is 34.2 Å². The number of nitrogens with zero attached hydrogens (tertiary/aromatic N) is 1. The Kier molecular flexibility index (Phi) is 6.55. The molecule has 2 aromatic rings. The minimum absolute atomic E-state index is 0.123. The fourth-order valence-corrected chi connectivity index (χ4v) is 2.35. The topological polar surface area (TPSA) is 110 Å². The zero-order valence-electron chi connectivity index (χ0n) is 16.0. The third-order valence-electron chi connectivity index (χ3n) is 3.55. The van der Waals surface area contributed by atoms with Crippen LogP contribution >= 0.6 is 0 Å². The van der Waals surface area contributed by atoms with Gasteiger partial charge >= 0.3 is 12.1 Å². The Balaban J connectivity index is 1.82. The smallest absolute Gasteiger partial charge is 0.407 e. The molecule has 8 nitrogen and oxygen atoms in total. The van der Waals surface area contributed by atoms with Crippen molar-refractivity contribution in [1.82, 2.24) is 15.3 Å². The van der Waals surface area contributed by atoms with E-state index in [1.165, 1.54) is 0 Å². The summed E-state index contributed by atoms with van der Waals surface area (Å²) in [7, 11) is 0. The lowest BCUT2D eigenvalue weighted by molar-refractivity contribution is -0.149. The molecule has 0 unspecified atom stereocenters. The normalized spacial score (nSPS) is 12.4. The monoisotopic (exact) mass is 375 g/mol. The molecule has 1 amide bonds. The van der Waals surface area contributed by atoms with Gasteiger partial charge in [0.1, 0.15) is 5.60 Å². The van der Waals surface area contributed by atoms with Gasteiger partial charge in [0.05, 0.1) is 10.9 Å². The molecular formula is C19H25N3O5. The first kappa shape index (κ1) is 20.4. The van der Waals surface area contributed by atoms with Crippen molar-refractivity contribution in [2.45, 2.75) is 52.2 Å². The number of esters is 1. The number of ether oxygens (including phenoxy) is 2. The van der Waals surface area contributed by atoms with E-state index in [1.807, 2.05) is 0 Å². The van der Waals surface area contributed by atoms with E-state index in [4.69, 9.17) is 9.47 Å². The second kappa shape index (κ2) is 8.66. The maximum absolute atomic E-state index is 12.1. The highest BCUT2D eigenvalue weighted by molar-refractivity contribution is 5.77. The standard InChI is InChI=1S/C19H25N3O5/c1-12(16-21-14-9-6-5-8-13(14)17(24)22-16)26-15(23)10-7-11-20-18(25)27-19(2,3)4/h5-6,8-9,12H,7,10-11H2,1-4H3,(H,20,25)(H,21,22,24)/t12-/m0/s1. The quantitative estimate of drug-likeness (QED) is 0.593. The number of fused-ring (bicyclic) bond motifs is 1. The van der Waals surface area contributed by atoms with Gasteiger partial charge < -0.3 is 19.8 Å². The van der Waals surface area contributed by atoms with E-state index >= 15 is 0 Å². The molecule has 1 heterocycles. The first-order valence-corrected chi connectivity index (χ1v) is 8.81. The third-order valence-corrected chi connectivity index (χ3v) is 3.55. The average molecular weight is 375 g/mol. The summed E-state index contributed by atoms with van der Waals surface area (Å²) in [5.74, 6) is -0.150. The number of para-hydroxylation sites is 1. The van der Waals surface area contributed by atoms with Crippen LogP contribution in [0, 0.1) is 0 Å². The van der Waals surface area contributed by atoms with Crippen molar-refractivity contribution in [2.24, 2.45) is 0 Å². The van der Waals surface area contributed by atoms with Crippen molar-refractivity contribution in [2.75, 3.05) is 6.54 Å². The molecule has 27 heavy (non-hydrogen) atoms. The van der Waals surface area contributed by atoms with E-state index in [-0.39, 0.29) is 12.0 Å². The summed E-state index contributed by atoms with van der Waals surface area (Å²) >= 11 is 0. The first-order chi connectivity index (χ1) is 12.7. The zero-order chi connectivity index (χ0) is 20.0. The molecule has 146 valence electrons. The van der Waals surface area contributed by atoms with Crippen molar-refractivity contribution < 1.29 is 19.1 Å². The van der Waals surface area contributed by atoms with Crippen molar-refractivity contribution in [3.63, 3.8) is 0 Å². The molecule has 0 spiro atoms. The second-order valence-corrected chi connectivity index (χ2v) is 7.13. The van der Waals surface area contributed by atoms with Crippen LogP contribution in [0.5, 0.6) is 0 Å². The molecule has 2 rings (SSSR count). The Hall–Kier alpha value is -2.90. The van der Waals surface area contributed by atoms with Gasteiger partial charge in [-0.2, -0.15) is 0 Å². The molecule has 8 heteroatoms. The Labute approximate surface area is 157 Å². The highest BCUT2D eigenvalue weighted by Crippen LogP contribution is 2.15. The van der Waals surface area contributed by atoms with Gasteiger partial charge in [-0.05, 0) is 46.2 Å². The van der Waals surface area contributed by atoms with E-state index < -0.39 is 23.8 Å². The molecule has 0 fully saturated rings. The summed E-state index contributed by atoms with van der Waals surface area (Å²) in [6.45, 7) is 7.26. The van der Waals surface area contributed by atoms with Gasteiger partial charge in [0.2, 0.25) is 0 Å². The third kappa shape index (κ3) is 6.40. The van der Waals surface area contributed by atoms with Crippen LogP contribution in [0.25, 0.3) is 10.9 Å². The summed E-state index contributed by atoms with van der Waals surface area (Å²) in [6, 6.07) is 6.95. The van der Waals surface area contributed by atoms with Gasteiger partial charge in [-0.15, -0.1) is 0 Å². The molecule has 2 N–H and O–H groups in total. The summed E-state index contributed by atoms with van der Waals surface area (Å²) in [5.41, 5.74) is -0.303. The largest absolute Gasteiger partial charge is 0.454 e. The molecule has 0 aliphatic heterocycles. The van der Waals surface area contributed by atoms with Crippen LogP contribution in [0.1, 0.15) is 52.5 Å². The highest BCUT2D eigenvalue weighted by Gasteiger charge is 2.17. The maximum Gasteiger partial charge on any atom is 0.407 e. The predicted octanol–water partition coefficient (Wildman–Crippen LogP) is 2.83. The lowest BCUT2D eigenvalue weighted by atomic mass is 10.2. The Morgan fingerprint density at radius 3 is 2.67 bits per heavy atom. The van der Waals surface area contributed by atoms with E-state index in [9.17, 15) is 14.4 Å². The fraction of sp³-hybridized carbons (Fsp3) is 0.474. The van der Waals surface area contributed by atoms with Gasteiger partial charge in [0.15, 0.2) is 11.9 Å². The van der Waals surface area contributed by atoms with Gasteiger partial charge in [-0.1, -0.05) is 12.1 Å². The number of rotatable bonds is 6. The Bertz CT molecular complexity index is 870. The molecule has 0 radical (unpaired) electrons. The van der Waals surface area contributed by atoms with Crippen LogP contribution < -0.4 is 10.9 Å². The van der Waals surface area contributed by atoms with Gasteiger partial charge in [0.25, 0.3) is 5.56 Å². The molecule has 0 aliphatic carbocycles. The van der Waals surface area contributed by atoms with Crippen molar-refractivity contribution in [3.8, 4) is 0 Å². The van der Waals surface area contributed by atoms with Crippen molar-refractivity contribution in [3.05, 3.63) is 40.4 Å². The van der Waals surface area contributed by atoms with Crippen LogP contribution in [0.4, 0.5) is 4.79 Å². The molecule has 0 bridgehead atoms. The number of hydrogen-bond donors (Lipinski definition) is 2. The zero-order valence-corrected chi connectivity index (χ0v) is 16.0. The number of benzene rings is 1. The number of alkyl carbamates (subject to hydrolysis) is 1. The molecule has 0 saturated carbocycles. The number of aromatic nitrogens is 2. The van der Waals surface area contributed by atoms with Crippen LogP contribution in [0.2, 0.25) is 0 Å². The number of carbonyl (C=O) groups excluding carboxylic acids is 2. The van der Waals surface area contributed by atoms with E-state index in [2.05, 4.69) is 15.3 Å². The predicted molar refractivity (Wildman–Crippen MR) is 100 cm³/mol. The van der Waals surface area contributed by atoms with E-state index in [1.54, 1.807) is 52.0 Å². The summed E-state index contributed by atoms with van der Waals surface area (Å²) in [5, 5.41) is 3.06. The Morgan fingerprint density at radius 1 is 1.26 bits per heavy atom. The van der Waals surface area contributed by atoms with Gasteiger partial charge in [-0.25, -0.2) is 9.78 Å². The van der Waals surface area contributed by atoms with E-state index in [0.717, 1.165) is 0 Å². The summed E-state index contributed by atoms with van der Waals surface area (Å²) in [6.07, 6.45) is -0.680. The molecular weight excluding hydrogens is 350 g/mol. The lowest BCUT2D eigenvalue weighted by Gasteiger charge is -2.19. The minimum atomic E-state index is -0.686. The number of carbonyl (C=O) groups is 2. The lowest BCUT2D eigenvalue weighted by Crippen LogP contribution is -2.33. The summed E-state index contributed by atoms with van der Waals surface area (Å²) in [4.78, 5) is 42.5. The number of aromatic amines is 1. The van der Waals surface area contributed by atoms with Gasteiger partial charge in [-0.3, -0.25) is 9.59 Å². The minimum Gasteiger partial charge on any atom is -0.454 e. The number of nitrogens with one attached hydrogen (secondary N) is 2. The summed E-state index contributed by atoms with van der Waals surface area (Å²) < 4.78 is 10.4. The Morgan fingerprint density at radius 2 is 1.96 bits per heavy atom. The van der Waals surface area contributed by atoms with Crippen LogP contribution in [-0.2, 0) is 14.3 Å². The molecule has 1 atom stereocenters. The maximum atomic E-state index is 12.1. The molecule has 1 aromatic carbocycles. The van der Waals surface area contributed by atoms with Crippen LogP contribution in [0.3, 0.4) is 0 Å².